The largest absolute Gasteiger partial charge is 0.335 e. The number of carbonyl (C=O) groups is 1. The van der Waals surface area contributed by atoms with Gasteiger partial charge in [0.1, 0.15) is 5.82 Å². The lowest BCUT2D eigenvalue weighted by molar-refractivity contribution is -0.136. The van der Waals surface area contributed by atoms with Crippen LogP contribution in [0.3, 0.4) is 0 Å². The van der Waals surface area contributed by atoms with Crippen LogP contribution in [0.4, 0.5) is 4.39 Å². The summed E-state index contributed by atoms with van der Waals surface area (Å²) in [6, 6.07) is 6.84. The summed E-state index contributed by atoms with van der Waals surface area (Å²) in [6.07, 6.45) is 3.40. The Morgan fingerprint density at radius 3 is 2.71 bits per heavy atom. The van der Waals surface area contributed by atoms with Gasteiger partial charge in [-0.1, -0.05) is 25.1 Å². The van der Waals surface area contributed by atoms with Gasteiger partial charge in [-0.15, -0.1) is 0 Å². The third-order valence-electron chi connectivity index (χ3n) is 4.88. The second-order valence-electron chi connectivity index (χ2n) is 6.64. The van der Waals surface area contributed by atoms with Gasteiger partial charge in [-0.25, -0.2) is 4.39 Å². The van der Waals surface area contributed by atoms with Crippen LogP contribution in [-0.4, -0.2) is 23.4 Å². The Hall–Kier alpha value is -1.42. The molecule has 1 aliphatic heterocycles. The van der Waals surface area contributed by atoms with Crippen LogP contribution in [0.5, 0.6) is 0 Å². The van der Waals surface area contributed by atoms with E-state index in [2.05, 4.69) is 6.92 Å². The highest BCUT2D eigenvalue weighted by molar-refractivity contribution is 5.80. The molecule has 1 aromatic carbocycles. The number of hydrogen-bond acceptors (Lipinski definition) is 2. The molecule has 0 spiro atoms. The molecule has 1 amide bonds. The van der Waals surface area contributed by atoms with Gasteiger partial charge < -0.3 is 10.6 Å². The summed E-state index contributed by atoms with van der Waals surface area (Å²) >= 11 is 0. The number of nitrogens with zero attached hydrogens (tertiary/aromatic N) is 1. The third-order valence-corrected chi connectivity index (χ3v) is 4.88. The standard InChI is InChI=1S/C17H23FN2O/c1-11-8-16(14-4-2-3-5-15(14)18)20(10-11)17(21)12-6-7-13(19)9-12/h2-5,11-13,16H,6-10,19H2,1H3/t11-,12-,13-,16-/m1/s1. The normalized spacial score (nSPS) is 32.6. The van der Waals surface area contributed by atoms with E-state index in [0.717, 1.165) is 32.2 Å². The zero-order valence-corrected chi connectivity index (χ0v) is 12.5. The first-order chi connectivity index (χ1) is 10.1. The van der Waals surface area contributed by atoms with Crippen LogP contribution in [0.2, 0.25) is 0 Å². The van der Waals surface area contributed by atoms with Crippen LogP contribution >= 0.6 is 0 Å². The van der Waals surface area contributed by atoms with Crippen LogP contribution in [0.15, 0.2) is 24.3 Å². The number of amides is 1. The summed E-state index contributed by atoms with van der Waals surface area (Å²) in [5.74, 6) is 0.395. The third kappa shape index (κ3) is 2.82. The lowest BCUT2D eigenvalue weighted by Crippen LogP contribution is -2.36. The summed E-state index contributed by atoms with van der Waals surface area (Å²) in [7, 11) is 0. The highest BCUT2D eigenvalue weighted by atomic mass is 19.1. The molecule has 2 fully saturated rings. The summed E-state index contributed by atoms with van der Waals surface area (Å²) in [5.41, 5.74) is 6.58. The first-order valence-corrected chi connectivity index (χ1v) is 7.86. The van der Waals surface area contributed by atoms with E-state index in [0.29, 0.717) is 11.5 Å². The van der Waals surface area contributed by atoms with Crippen molar-refractivity contribution in [2.75, 3.05) is 6.54 Å². The minimum atomic E-state index is -0.211. The van der Waals surface area contributed by atoms with Crippen LogP contribution in [0, 0.1) is 17.7 Å². The van der Waals surface area contributed by atoms with E-state index in [1.807, 2.05) is 11.0 Å². The van der Waals surface area contributed by atoms with Gasteiger partial charge in [0.15, 0.2) is 0 Å². The van der Waals surface area contributed by atoms with Gasteiger partial charge in [0.2, 0.25) is 5.91 Å². The maximum absolute atomic E-state index is 14.1. The van der Waals surface area contributed by atoms with Crippen molar-refractivity contribution in [3.63, 3.8) is 0 Å². The fourth-order valence-electron chi connectivity index (χ4n) is 3.80. The molecule has 4 atom stereocenters. The second-order valence-corrected chi connectivity index (χ2v) is 6.64. The van der Waals surface area contributed by atoms with Gasteiger partial charge in [-0.3, -0.25) is 4.79 Å². The van der Waals surface area contributed by atoms with E-state index in [9.17, 15) is 9.18 Å². The Morgan fingerprint density at radius 2 is 2.05 bits per heavy atom. The fourth-order valence-corrected chi connectivity index (χ4v) is 3.80. The summed E-state index contributed by atoms with van der Waals surface area (Å²) in [6.45, 7) is 2.85. The molecule has 1 saturated carbocycles. The number of rotatable bonds is 2. The van der Waals surface area contributed by atoms with E-state index in [4.69, 9.17) is 5.73 Å². The lowest BCUT2D eigenvalue weighted by atomic mass is 9.99. The van der Waals surface area contributed by atoms with Crippen molar-refractivity contribution in [3.8, 4) is 0 Å². The molecule has 114 valence electrons. The second kappa shape index (κ2) is 5.76. The predicted molar refractivity (Wildman–Crippen MR) is 80.0 cm³/mol. The Balaban J connectivity index is 1.83. The zero-order valence-electron chi connectivity index (χ0n) is 12.5. The summed E-state index contributed by atoms with van der Waals surface area (Å²) < 4.78 is 14.1. The van der Waals surface area contributed by atoms with E-state index in [1.165, 1.54) is 6.07 Å². The van der Waals surface area contributed by atoms with Crippen molar-refractivity contribution in [2.45, 2.75) is 44.7 Å². The van der Waals surface area contributed by atoms with Gasteiger partial charge in [0.25, 0.3) is 0 Å². The van der Waals surface area contributed by atoms with Crippen molar-refractivity contribution >= 4 is 5.91 Å². The van der Waals surface area contributed by atoms with Crippen molar-refractivity contribution in [1.82, 2.24) is 4.90 Å². The molecule has 21 heavy (non-hydrogen) atoms. The van der Waals surface area contributed by atoms with E-state index in [-0.39, 0.29) is 29.7 Å². The Kier molecular flexibility index (Phi) is 3.98. The van der Waals surface area contributed by atoms with Gasteiger partial charge >= 0.3 is 0 Å². The molecule has 0 radical (unpaired) electrons. The molecule has 3 nitrogen and oxygen atoms in total. The summed E-state index contributed by atoms with van der Waals surface area (Å²) in [5, 5.41) is 0. The van der Waals surface area contributed by atoms with E-state index >= 15 is 0 Å². The first kappa shape index (κ1) is 14.5. The molecule has 4 heteroatoms. The van der Waals surface area contributed by atoms with E-state index < -0.39 is 0 Å². The molecule has 1 saturated heterocycles. The quantitative estimate of drug-likeness (QED) is 0.910. The van der Waals surface area contributed by atoms with Gasteiger partial charge in [0, 0.05) is 24.1 Å². The molecule has 1 aliphatic carbocycles. The fraction of sp³-hybridized carbons (Fsp3) is 0.588. The smallest absolute Gasteiger partial charge is 0.226 e. The number of carbonyl (C=O) groups excluding carboxylic acids is 1. The summed E-state index contributed by atoms with van der Waals surface area (Å²) in [4.78, 5) is 14.7. The molecule has 0 aromatic heterocycles. The van der Waals surface area contributed by atoms with Crippen LogP contribution in [-0.2, 0) is 4.79 Å². The number of hydrogen-bond donors (Lipinski definition) is 1. The highest BCUT2D eigenvalue weighted by Gasteiger charge is 2.39. The van der Waals surface area contributed by atoms with Crippen molar-refractivity contribution < 1.29 is 9.18 Å². The molecule has 0 bridgehead atoms. The van der Waals surface area contributed by atoms with Crippen molar-refractivity contribution in [1.29, 1.82) is 0 Å². The topological polar surface area (TPSA) is 46.3 Å². The zero-order chi connectivity index (χ0) is 15.0. The number of nitrogens with two attached hydrogens (primary N) is 1. The SMILES string of the molecule is C[C@@H]1C[C@H](c2ccccc2F)N(C(=O)[C@@H]2CC[C@@H](N)C2)C1. The maximum atomic E-state index is 14.1. The van der Waals surface area contributed by atoms with E-state index in [1.54, 1.807) is 12.1 Å². The monoisotopic (exact) mass is 290 g/mol. The highest BCUT2D eigenvalue weighted by Crippen LogP contribution is 2.39. The van der Waals surface area contributed by atoms with Crippen molar-refractivity contribution in [3.05, 3.63) is 35.6 Å². The average molecular weight is 290 g/mol. The van der Waals surface area contributed by atoms with Gasteiger partial charge in [0.05, 0.1) is 6.04 Å². The lowest BCUT2D eigenvalue weighted by Gasteiger charge is -2.28. The minimum absolute atomic E-state index is 0.0274. The maximum Gasteiger partial charge on any atom is 0.226 e. The Morgan fingerprint density at radius 1 is 1.29 bits per heavy atom. The molecular weight excluding hydrogens is 267 g/mol. The first-order valence-electron chi connectivity index (χ1n) is 7.86. The van der Waals surface area contributed by atoms with Crippen LogP contribution in [0.25, 0.3) is 0 Å². The molecule has 1 aromatic rings. The number of benzene rings is 1. The van der Waals surface area contributed by atoms with Crippen LogP contribution < -0.4 is 5.73 Å². The number of likely N-dealkylation sites (tertiary alicyclic amines) is 1. The van der Waals surface area contributed by atoms with Crippen molar-refractivity contribution in [2.24, 2.45) is 17.6 Å². The minimum Gasteiger partial charge on any atom is -0.335 e. The van der Waals surface area contributed by atoms with Crippen LogP contribution in [0.1, 0.15) is 44.2 Å². The predicted octanol–water partition coefficient (Wildman–Crippen LogP) is 2.86. The number of halogens is 1. The Labute approximate surface area is 125 Å². The molecule has 0 unspecified atom stereocenters. The molecule has 1 heterocycles. The molecule has 3 rings (SSSR count). The Bertz CT molecular complexity index is 533. The average Bonchev–Trinajstić information content (AvgIpc) is 3.05. The molecular formula is C17H23FN2O. The molecule has 2 N–H and O–H groups in total. The van der Waals surface area contributed by atoms with Gasteiger partial charge in [-0.05, 0) is 37.7 Å². The molecule has 2 aliphatic rings. The van der Waals surface area contributed by atoms with Gasteiger partial charge in [-0.2, -0.15) is 0 Å².